The largest absolute Gasteiger partial charge is 0.368 e. The van der Waals surface area contributed by atoms with E-state index in [1.165, 1.54) is 17.0 Å². The number of H-pyrrole nitrogens is 1. The van der Waals surface area contributed by atoms with Gasteiger partial charge in [-0.05, 0) is 6.42 Å². The van der Waals surface area contributed by atoms with Crippen LogP contribution in [-0.2, 0) is 4.79 Å². The van der Waals surface area contributed by atoms with Crippen LogP contribution in [0.1, 0.15) is 19.4 Å². The molecule has 12 heavy (non-hydrogen) atoms. The summed E-state index contributed by atoms with van der Waals surface area (Å²) in [7, 11) is 0. The van der Waals surface area contributed by atoms with Gasteiger partial charge in [-0.15, -0.1) is 0 Å². The van der Waals surface area contributed by atoms with Crippen molar-refractivity contribution < 1.29 is 4.79 Å². The van der Waals surface area contributed by atoms with Gasteiger partial charge in [0.05, 0.1) is 0 Å². The van der Waals surface area contributed by atoms with Gasteiger partial charge in [0.2, 0.25) is 5.91 Å². The van der Waals surface area contributed by atoms with Crippen LogP contribution >= 0.6 is 0 Å². The van der Waals surface area contributed by atoms with Crippen LogP contribution in [0.4, 0.5) is 0 Å². The zero-order valence-electron chi connectivity index (χ0n) is 6.78. The number of amides is 1. The minimum atomic E-state index is -0.538. The summed E-state index contributed by atoms with van der Waals surface area (Å²) in [5.41, 5.74) is 4.79. The summed E-state index contributed by atoms with van der Waals surface area (Å²) in [6, 6.07) is -0.538. The molecule has 0 aliphatic carbocycles. The summed E-state index contributed by atoms with van der Waals surface area (Å²) < 4.78 is 1.29. The van der Waals surface area contributed by atoms with Gasteiger partial charge in [0.1, 0.15) is 6.04 Å². The average molecular weight is 169 g/mol. The Kier molecular flexibility index (Phi) is 2.32. The molecule has 0 bridgehead atoms. The van der Waals surface area contributed by atoms with Gasteiger partial charge in [-0.1, -0.05) is 6.92 Å². The van der Waals surface area contributed by atoms with E-state index >= 15 is 0 Å². The van der Waals surface area contributed by atoms with Gasteiger partial charge < -0.3 is 10.7 Å². The molecule has 0 fully saturated rings. The Morgan fingerprint density at radius 1 is 1.83 bits per heavy atom. The molecule has 0 saturated carbocycles. The highest BCUT2D eigenvalue weighted by molar-refractivity contribution is 5.78. The molecule has 1 aromatic rings. The van der Waals surface area contributed by atoms with Gasteiger partial charge in [0.25, 0.3) is 0 Å². The number of nitrogens with one attached hydrogen (secondary N) is 1. The molecule has 5 nitrogen and oxygen atoms in total. The van der Waals surface area contributed by atoms with Crippen LogP contribution in [0.3, 0.4) is 0 Å². The molecule has 66 valence electrons. The third kappa shape index (κ3) is 1.39. The van der Waals surface area contributed by atoms with Crippen LogP contribution in [0.2, 0.25) is 0 Å². The van der Waals surface area contributed by atoms with Crippen LogP contribution in [0.15, 0.2) is 17.2 Å². The number of carbonyl (C=O) groups is 1. The smallest absolute Gasteiger partial charge is 0.326 e. The molecular formula is C7H11N3O2. The second kappa shape index (κ2) is 3.25. The number of hydrogen-bond donors (Lipinski definition) is 2. The van der Waals surface area contributed by atoms with E-state index in [4.69, 9.17) is 5.73 Å². The van der Waals surface area contributed by atoms with Crippen molar-refractivity contribution >= 4 is 5.91 Å². The maximum Gasteiger partial charge on any atom is 0.326 e. The lowest BCUT2D eigenvalue weighted by Gasteiger charge is -2.10. The van der Waals surface area contributed by atoms with E-state index < -0.39 is 11.9 Å². The molecule has 1 unspecified atom stereocenters. The lowest BCUT2D eigenvalue weighted by atomic mass is 10.2. The van der Waals surface area contributed by atoms with Crippen LogP contribution in [0.25, 0.3) is 0 Å². The fourth-order valence-corrected chi connectivity index (χ4v) is 1.11. The fourth-order valence-electron chi connectivity index (χ4n) is 1.11. The van der Waals surface area contributed by atoms with Crippen LogP contribution in [0.5, 0.6) is 0 Å². The lowest BCUT2D eigenvalue weighted by Crippen LogP contribution is -2.31. The molecular weight excluding hydrogens is 158 g/mol. The van der Waals surface area contributed by atoms with Crippen LogP contribution < -0.4 is 11.4 Å². The highest BCUT2D eigenvalue weighted by Gasteiger charge is 2.15. The first-order chi connectivity index (χ1) is 5.66. The number of rotatable bonds is 3. The van der Waals surface area contributed by atoms with Gasteiger partial charge >= 0.3 is 5.69 Å². The van der Waals surface area contributed by atoms with E-state index in [9.17, 15) is 9.59 Å². The van der Waals surface area contributed by atoms with Crippen molar-refractivity contribution in [1.82, 2.24) is 9.55 Å². The Morgan fingerprint density at radius 3 is 2.83 bits per heavy atom. The van der Waals surface area contributed by atoms with Crippen molar-refractivity contribution in [1.29, 1.82) is 0 Å². The van der Waals surface area contributed by atoms with Gasteiger partial charge in [-0.3, -0.25) is 9.36 Å². The van der Waals surface area contributed by atoms with Crippen molar-refractivity contribution in [3.63, 3.8) is 0 Å². The molecule has 1 heterocycles. The van der Waals surface area contributed by atoms with Crippen molar-refractivity contribution in [3.8, 4) is 0 Å². The van der Waals surface area contributed by atoms with E-state index in [0.29, 0.717) is 6.42 Å². The molecule has 0 aliphatic heterocycles. The maximum atomic E-state index is 11.0. The summed E-state index contributed by atoms with van der Waals surface area (Å²) in [6.07, 6.45) is 3.52. The summed E-state index contributed by atoms with van der Waals surface area (Å²) >= 11 is 0. The van der Waals surface area contributed by atoms with E-state index in [0.717, 1.165) is 0 Å². The molecule has 1 aromatic heterocycles. The molecule has 1 rings (SSSR count). The number of nitrogens with zero attached hydrogens (tertiary/aromatic N) is 1. The van der Waals surface area contributed by atoms with E-state index in [1.807, 2.05) is 0 Å². The third-order valence-corrected chi connectivity index (χ3v) is 1.73. The maximum absolute atomic E-state index is 11.0. The summed E-state index contributed by atoms with van der Waals surface area (Å²) in [4.78, 5) is 24.3. The Balaban J connectivity index is 3.03. The summed E-state index contributed by atoms with van der Waals surface area (Å²) in [5.74, 6) is -0.487. The Morgan fingerprint density at radius 2 is 2.50 bits per heavy atom. The minimum Gasteiger partial charge on any atom is -0.368 e. The highest BCUT2D eigenvalue weighted by Crippen LogP contribution is 2.05. The Labute approximate surface area is 69.2 Å². The molecule has 0 aliphatic rings. The molecule has 1 atom stereocenters. The standard InChI is InChI=1S/C7H11N3O2/c1-2-5(6(8)11)10-4-3-9-7(10)12/h3-5H,2H2,1H3,(H2,8,11)(H,9,12). The van der Waals surface area contributed by atoms with Crippen molar-refractivity contribution in [2.45, 2.75) is 19.4 Å². The normalized spacial score (nSPS) is 12.8. The first-order valence-electron chi connectivity index (χ1n) is 3.71. The van der Waals surface area contributed by atoms with E-state index in [1.54, 1.807) is 6.92 Å². The van der Waals surface area contributed by atoms with Crippen LogP contribution in [-0.4, -0.2) is 15.5 Å². The zero-order chi connectivity index (χ0) is 9.14. The fraction of sp³-hybridized carbons (Fsp3) is 0.429. The van der Waals surface area contributed by atoms with Crippen molar-refractivity contribution in [2.24, 2.45) is 5.73 Å². The van der Waals surface area contributed by atoms with E-state index in [-0.39, 0.29) is 5.69 Å². The molecule has 1 amide bonds. The molecule has 0 saturated heterocycles. The second-order valence-electron chi connectivity index (χ2n) is 2.50. The van der Waals surface area contributed by atoms with Gasteiger partial charge in [0.15, 0.2) is 0 Å². The predicted molar refractivity (Wildman–Crippen MR) is 43.6 cm³/mol. The highest BCUT2D eigenvalue weighted by atomic mass is 16.2. The number of aromatic amines is 1. The van der Waals surface area contributed by atoms with Crippen molar-refractivity contribution in [2.75, 3.05) is 0 Å². The first kappa shape index (κ1) is 8.58. The number of aromatic nitrogens is 2. The number of nitrogens with two attached hydrogens (primary N) is 1. The predicted octanol–water partition coefficient (Wildman–Crippen LogP) is -0.387. The van der Waals surface area contributed by atoms with Crippen molar-refractivity contribution in [3.05, 3.63) is 22.9 Å². The molecule has 3 N–H and O–H groups in total. The summed E-state index contributed by atoms with van der Waals surface area (Å²) in [5, 5.41) is 0. The lowest BCUT2D eigenvalue weighted by molar-refractivity contribution is -0.121. The Bertz CT molecular complexity index is 325. The Hall–Kier alpha value is -1.52. The minimum absolute atomic E-state index is 0.305. The SMILES string of the molecule is CCC(C(N)=O)n1cc[nH]c1=O. The monoisotopic (exact) mass is 169 g/mol. The number of carbonyl (C=O) groups excluding carboxylic acids is 1. The summed E-state index contributed by atoms with van der Waals surface area (Å²) in [6.45, 7) is 1.80. The second-order valence-corrected chi connectivity index (χ2v) is 2.50. The van der Waals surface area contributed by atoms with Gasteiger partial charge in [0, 0.05) is 12.4 Å². The third-order valence-electron chi connectivity index (χ3n) is 1.73. The number of imidazole rings is 1. The van der Waals surface area contributed by atoms with Crippen LogP contribution in [0, 0.1) is 0 Å². The van der Waals surface area contributed by atoms with Gasteiger partial charge in [-0.25, -0.2) is 4.79 Å². The molecule has 0 aromatic carbocycles. The van der Waals surface area contributed by atoms with E-state index in [2.05, 4.69) is 4.98 Å². The average Bonchev–Trinajstić information content (AvgIpc) is 2.38. The molecule has 0 radical (unpaired) electrons. The number of primary amides is 1. The van der Waals surface area contributed by atoms with Gasteiger partial charge in [-0.2, -0.15) is 0 Å². The zero-order valence-corrected chi connectivity index (χ0v) is 6.78. The topological polar surface area (TPSA) is 80.9 Å². The number of hydrogen-bond acceptors (Lipinski definition) is 2. The molecule has 5 heteroatoms. The first-order valence-corrected chi connectivity index (χ1v) is 3.71. The molecule has 0 spiro atoms. The quantitative estimate of drug-likeness (QED) is 0.646.